The van der Waals surface area contributed by atoms with Crippen LogP contribution in [0.1, 0.15) is 24.4 Å². The van der Waals surface area contributed by atoms with Crippen LogP contribution in [0.4, 0.5) is 18.9 Å². The van der Waals surface area contributed by atoms with Gasteiger partial charge in [-0.25, -0.2) is 0 Å². The number of alkyl halides is 3. The normalized spacial score (nSPS) is 16.4. The number of nitrogens with zero attached hydrogens (tertiary/aromatic N) is 2. The number of rotatable bonds is 5. The molecule has 25 heavy (non-hydrogen) atoms. The van der Waals surface area contributed by atoms with E-state index < -0.39 is 23.6 Å². The zero-order valence-electron chi connectivity index (χ0n) is 13.2. The van der Waals surface area contributed by atoms with E-state index in [0.29, 0.717) is 26.2 Å². The minimum Gasteiger partial charge on any atom is -0.508 e. The number of halogens is 5. The summed E-state index contributed by atoms with van der Waals surface area (Å²) >= 11 is 0. The maximum Gasteiger partial charge on any atom is 0.389 e. The Bertz CT molecular complexity index is 570. The summed E-state index contributed by atoms with van der Waals surface area (Å²) in [4.78, 5) is 12.1. The van der Waals surface area contributed by atoms with Gasteiger partial charge in [-0.2, -0.15) is 13.2 Å². The number of nitro groups is 1. The molecule has 1 heterocycles. The molecule has 0 bridgehead atoms. The molecule has 1 aromatic rings. The molecule has 2 N–H and O–H groups in total. The Morgan fingerprint density at radius 3 is 2.40 bits per heavy atom. The first-order valence-electron chi connectivity index (χ1n) is 7.27. The Hall–Kier alpha value is -1.29. The lowest BCUT2D eigenvalue weighted by Gasteiger charge is -2.35. The molecule has 0 saturated carbocycles. The molecule has 1 atom stereocenters. The van der Waals surface area contributed by atoms with Crippen molar-refractivity contribution < 1.29 is 23.2 Å². The third-order valence-corrected chi connectivity index (χ3v) is 3.87. The lowest BCUT2D eigenvalue weighted by molar-refractivity contribution is -0.385. The molecule has 2 rings (SSSR count). The average molecular weight is 406 g/mol. The third kappa shape index (κ3) is 6.85. The quantitative estimate of drug-likeness (QED) is 0.579. The molecule has 1 aliphatic rings. The van der Waals surface area contributed by atoms with E-state index in [1.54, 1.807) is 0 Å². The van der Waals surface area contributed by atoms with Crippen LogP contribution in [0.5, 0.6) is 5.75 Å². The topological polar surface area (TPSA) is 78.6 Å². The first-order valence-corrected chi connectivity index (χ1v) is 7.27. The Balaban J connectivity index is 0.00000288. The van der Waals surface area contributed by atoms with Crippen LogP contribution in [-0.4, -0.2) is 47.3 Å². The number of phenolic OH excluding ortho intramolecular Hbond substituents is 1. The van der Waals surface area contributed by atoms with E-state index in [9.17, 15) is 28.4 Å². The highest BCUT2D eigenvalue weighted by atomic mass is 35.5. The lowest BCUT2D eigenvalue weighted by Crippen LogP contribution is -2.45. The van der Waals surface area contributed by atoms with Gasteiger partial charge in [0, 0.05) is 56.3 Å². The standard InChI is InChI=1S/C14H18F3N3O3.2ClH/c15-14(16,17)4-3-12(19-7-5-18-6-8-19)11-9-10(20(22)23)1-2-13(11)21;;/h1-2,9,12,18,21H,3-8H2;2*1H/t12-;;/m0../s1. The fourth-order valence-electron chi connectivity index (χ4n) is 2.75. The monoisotopic (exact) mass is 405 g/mol. The average Bonchev–Trinajstić information content (AvgIpc) is 2.49. The van der Waals surface area contributed by atoms with Gasteiger partial charge in [-0.05, 0) is 12.5 Å². The van der Waals surface area contributed by atoms with Crippen LogP contribution in [0.25, 0.3) is 0 Å². The second-order valence-corrected chi connectivity index (χ2v) is 5.46. The van der Waals surface area contributed by atoms with Gasteiger partial charge in [0.05, 0.1) is 4.92 Å². The number of nitro benzene ring substituents is 1. The third-order valence-electron chi connectivity index (χ3n) is 3.87. The number of nitrogens with one attached hydrogen (secondary N) is 1. The molecule has 144 valence electrons. The maximum atomic E-state index is 12.6. The van der Waals surface area contributed by atoms with Gasteiger partial charge >= 0.3 is 6.18 Å². The van der Waals surface area contributed by atoms with Crippen molar-refractivity contribution in [3.8, 4) is 5.75 Å². The zero-order chi connectivity index (χ0) is 17.0. The van der Waals surface area contributed by atoms with Gasteiger partial charge in [-0.15, -0.1) is 24.8 Å². The highest BCUT2D eigenvalue weighted by Gasteiger charge is 2.32. The molecule has 0 aromatic heterocycles. The number of phenols is 1. The molecule has 1 saturated heterocycles. The van der Waals surface area contributed by atoms with Crippen molar-refractivity contribution in [1.82, 2.24) is 10.2 Å². The molecule has 0 radical (unpaired) electrons. The minimum absolute atomic E-state index is 0. The summed E-state index contributed by atoms with van der Waals surface area (Å²) in [5.41, 5.74) is -0.0738. The second-order valence-electron chi connectivity index (χ2n) is 5.46. The van der Waals surface area contributed by atoms with Crippen LogP contribution < -0.4 is 5.32 Å². The highest BCUT2D eigenvalue weighted by Crippen LogP contribution is 2.37. The van der Waals surface area contributed by atoms with E-state index in [4.69, 9.17) is 0 Å². The Morgan fingerprint density at radius 1 is 1.28 bits per heavy atom. The predicted octanol–water partition coefficient (Wildman–Crippen LogP) is 3.43. The van der Waals surface area contributed by atoms with Crippen LogP contribution in [-0.2, 0) is 0 Å². The molecule has 0 spiro atoms. The largest absolute Gasteiger partial charge is 0.508 e. The van der Waals surface area contributed by atoms with Crippen LogP contribution in [0.3, 0.4) is 0 Å². The molecule has 0 aliphatic carbocycles. The molecule has 6 nitrogen and oxygen atoms in total. The number of non-ortho nitro benzene ring substituents is 1. The summed E-state index contributed by atoms with van der Waals surface area (Å²) in [6.07, 6.45) is -5.58. The highest BCUT2D eigenvalue weighted by molar-refractivity contribution is 5.85. The van der Waals surface area contributed by atoms with Crippen LogP contribution in [0.2, 0.25) is 0 Å². The van der Waals surface area contributed by atoms with Gasteiger partial charge in [-0.3, -0.25) is 15.0 Å². The molecule has 1 aromatic carbocycles. The van der Waals surface area contributed by atoms with Crippen LogP contribution >= 0.6 is 24.8 Å². The summed E-state index contributed by atoms with van der Waals surface area (Å²) in [7, 11) is 0. The van der Waals surface area contributed by atoms with Gasteiger partial charge in [-0.1, -0.05) is 0 Å². The summed E-state index contributed by atoms with van der Waals surface area (Å²) in [6.45, 7) is 2.28. The first-order chi connectivity index (χ1) is 10.8. The zero-order valence-corrected chi connectivity index (χ0v) is 14.8. The first kappa shape index (κ1) is 23.7. The molecule has 0 unspecified atom stereocenters. The second kappa shape index (κ2) is 10.0. The van der Waals surface area contributed by atoms with Crippen LogP contribution in [0, 0.1) is 10.1 Å². The van der Waals surface area contributed by atoms with E-state index in [0.717, 1.165) is 12.1 Å². The van der Waals surface area contributed by atoms with Gasteiger partial charge in [0.15, 0.2) is 0 Å². The fraction of sp³-hybridized carbons (Fsp3) is 0.571. The van der Waals surface area contributed by atoms with Gasteiger partial charge < -0.3 is 10.4 Å². The van der Waals surface area contributed by atoms with Crippen molar-refractivity contribution in [2.24, 2.45) is 0 Å². The minimum atomic E-state index is -4.32. The Kier molecular flexibility index (Phi) is 9.49. The maximum absolute atomic E-state index is 12.6. The predicted molar refractivity (Wildman–Crippen MR) is 91.7 cm³/mol. The summed E-state index contributed by atoms with van der Waals surface area (Å²) in [5.74, 6) is -0.221. The van der Waals surface area contributed by atoms with Crippen molar-refractivity contribution in [3.05, 3.63) is 33.9 Å². The summed E-state index contributed by atoms with van der Waals surface area (Å²) in [5, 5.41) is 24.0. The van der Waals surface area contributed by atoms with E-state index in [-0.39, 0.29) is 48.2 Å². The van der Waals surface area contributed by atoms with Crippen LogP contribution in [0.15, 0.2) is 18.2 Å². The van der Waals surface area contributed by atoms with Crippen molar-refractivity contribution >= 4 is 30.5 Å². The van der Waals surface area contributed by atoms with E-state index in [1.807, 2.05) is 4.90 Å². The number of piperazine rings is 1. The Labute approximate surface area is 155 Å². The lowest BCUT2D eigenvalue weighted by atomic mass is 9.97. The Morgan fingerprint density at radius 2 is 1.88 bits per heavy atom. The molecule has 1 aliphatic heterocycles. The number of hydrogen-bond acceptors (Lipinski definition) is 5. The van der Waals surface area contributed by atoms with Crippen molar-refractivity contribution in [2.75, 3.05) is 26.2 Å². The van der Waals surface area contributed by atoms with Crippen molar-refractivity contribution in [1.29, 1.82) is 0 Å². The summed E-state index contributed by atoms with van der Waals surface area (Å²) < 4.78 is 37.8. The van der Waals surface area contributed by atoms with E-state index in [2.05, 4.69) is 5.32 Å². The van der Waals surface area contributed by atoms with Gasteiger partial charge in [0.25, 0.3) is 5.69 Å². The van der Waals surface area contributed by atoms with Gasteiger partial charge in [0.2, 0.25) is 0 Å². The van der Waals surface area contributed by atoms with Gasteiger partial charge in [0.1, 0.15) is 5.75 Å². The molecule has 11 heteroatoms. The van der Waals surface area contributed by atoms with E-state index in [1.165, 1.54) is 6.07 Å². The molecule has 0 amide bonds. The number of hydrogen-bond donors (Lipinski definition) is 2. The number of aromatic hydroxyl groups is 1. The van der Waals surface area contributed by atoms with E-state index >= 15 is 0 Å². The smallest absolute Gasteiger partial charge is 0.389 e. The summed E-state index contributed by atoms with van der Waals surface area (Å²) in [6, 6.07) is 2.75. The van der Waals surface area contributed by atoms with Crippen molar-refractivity contribution in [3.63, 3.8) is 0 Å². The molecular formula is C14H20Cl2F3N3O3. The van der Waals surface area contributed by atoms with Crippen molar-refractivity contribution in [2.45, 2.75) is 25.1 Å². The SMILES string of the molecule is Cl.Cl.O=[N+]([O-])c1ccc(O)c([C@H](CCC(F)(F)F)N2CCNCC2)c1. The fourth-order valence-corrected chi connectivity index (χ4v) is 2.75. The molecular weight excluding hydrogens is 386 g/mol. The molecule has 1 fully saturated rings. The number of benzene rings is 1.